The molecule has 0 aliphatic rings. The summed E-state index contributed by atoms with van der Waals surface area (Å²) < 4.78 is 13.2. The van der Waals surface area contributed by atoms with Crippen molar-refractivity contribution in [1.29, 1.82) is 0 Å². The molecule has 0 aliphatic heterocycles. The molecule has 1 aromatic carbocycles. The molecule has 1 N–H and O–H groups in total. The fraction of sp³-hybridized carbons (Fsp3) is 0.647. The van der Waals surface area contributed by atoms with Gasteiger partial charge >= 0.3 is 0 Å². The Kier molecular flexibility index (Phi) is 6.63. The van der Waals surface area contributed by atoms with Crippen LogP contribution in [0.4, 0.5) is 4.39 Å². The van der Waals surface area contributed by atoms with Gasteiger partial charge in [-0.2, -0.15) is 0 Å². The molecule has 114 valence electrons. The minimum Gasteiger partial charge on any atom is -0.314 e. The molecule has 0 amide bonds. The molecular weight excluding hydrogens is 251 g/mol. The van der Waals surface area contributed by atoms with E-state index in [1.807, 2.05) is 6.07 Å². The predicted molar refractivity (Wildman–Crippen MR) is 84.3 cm³/mol. The van der Waals surface area contributed by atoms with Crippen molar-refractivity contribution in [2.75, 3.05) is 20.1 Å². The highest BCUT2D eigenvalue weighted by Gasteiger charge is 2.26. The van der Waals surface area contributed by atoms with Crippen LogP contribution in [0.2, 0.25) is 0 Å². The Morgan fingerprint density at radius 1 is 1.35 bits per heavy atom. The van der Waals surface area contributed by atoms with Crippen LogP contribution in [0.1, 0.15) is 39.7 Å². The first kappa shape index (κ1) is 17.1. The molecule has 0 fully saturated rings. The van der Waals surface area contributed by atoms with E-state index in [9.17, 15) is 4.39 Å². The van der Waals surface area contributed by atoms with E-state index in [1.165, 1.54) is 6.07 Å². The number of benzene rings is 1. The molecule has 0 heterocycles. The van der Waals surface area contributed by atoms with Crippen molar-refractivity contribution < 1.29 is 4.39 Å². The van der Waals surface area contributed by atoms with Gasteiger partial charge in [0, 0.05) is 19.1 Å². The Balaban J connectivity index is 2.53. The summed E-state index contributed by atoms with van der Waals surface area (Å²) in [4.78, 5) is 2.26. The van der Waals surface area contributed by atoms with E-state index in [-0.39, 0.29) is 11.2 Å². The Hall–Kier alpha value is -0.930. The van der Waals surface area contributed by atoms with Crippen LogP contribution in [0.25, 0.3) is 0 Å². The van der Waals surface area contributed by atoms with E-state index in [4.69, 9.17) is 0 Å². The average Bonchev–Trinajstić information content (AvgIpc) is 2.34. The van der Waals surface area contributed by atoms with Crippen LogP contribution >= 0.6 is 0 Å². The summed E-state index contributed by atoms with van der Waals surface area (Å²) in [5, 5.41) is 3.56. The van der Waals surface area contributed by atoms with Gasteiger partial charge < -0.3 is 10.2 Å². The first-order chi connectivity index (χ1) is 9.35. The van der Waals surface area contributed by atoms with Crippen molar-refractivity contribution >= 4 is 0 Å². The van der Waals surface area contributed by atoms with Crippen molar-refractivity contribution in [2.45, 2.75) is 46.7 Å². The number of nitrogens with one attached hydrogen (secondary N) is 1. The first-order valence-corrected chi connectivity index (χ1v) is 7.51. The number of hydrogen-bond acceptors (Lipinski definition) is 2. The van der Waals surface area contributed by atoms with Crippen molar-refractivity contribution in [3.05, 3.63) is 35.6 Å². The van der Waals surface area contributed by atoms with Crippen LogP contribution in [-0.2, 0) is 6.54 Å². The molecular formula is C17H29FN2. The van der Waals surface area contributed by atoms with Gasteiger partial charge in [-0.25, -0.2) is 4.39 Å². The molecule has 0 spiro atoms. The van der Waals surface area contributed by atoms with Gasteiger partial charge in [0.2, 0.25) is 0 Å². The second kappa shape index (κ2) is 7.75. The van der Waals surface area contributed by atoms with E-state index in [1.54, 1.807) is 12.1 Å². The maximum absolute atomic E-state index is 13.2. The molecule has 2 nitrogen and oxygen atoms in total. The molecule has 1 aromatic rings. The molecule has 0 saturated heterocycles. The number of nitrogens with zero attached hydrogens (tertiary/aromatic N) is 1. The molecule has 1 atom stereocenters. The smallest absolute Gasteiger partial charge is 0.123 e. The molecule has 20 heavy (non-hydrogen) atoms. The Morgan fingerprint density at radius 3 is 2.65 bits per heavy atom. The van der Waals surface area contributed by atoms with E-state index in [2.05, 4.69) is 45.0 Å². The second-order valence-corrected chi connectivity index (χ2v) is 6.47. The summed E-state index contributed by atoms with van der Waals surface area (Å²) in [6.45, 7) is 11.8. The van der Waals surface area contributed by atoms with Crippen molar-refractivity contribution in [3.8, 4) is 0 Å². The standard InChI is InChI=1S/C17H29FN2/c1-6-10-19-14(2)17(3,4)13-20(5)12-15-8-7-9-16(18)11-15/h7-9,11,14,19H,6,10,12-13H2,1-5H3. The number of hydrogen-bond donors (Lipinski definition) is 1. The van der Waals surface area contributed by atoms with Gasteiger partial charge in [-0.3, -0.25) is 0 Å². The van der Waals surface area contributed by atoms with Gasteiger partial charge in [-0.1, -0.05) is 32.9 Å². The van der Waals surface area contributed by atoms with Crippen LogP contribution < -0.4 is 5.32 Å². The number of rotatable bonds is 8. The molecule has 1 unspecified atom stereocenters. The van der Waals surface area contributed by atoms with Crippen molar-refractivity contribution in [3.63, 3.8) is 0 Å². The average molecular weight is 280 g/mol. The predicted octanol–water partition coefficient (Wildman–Crippen LogP) is 3.67. The SMILES string of the molecule is CCCNC(C)C(C)(C)CN(C)Cc1cccc(F)c1. The number of halogens is 1. The van der Waals surface area contributed by atoms with E-state index in [0.29, 0.717) is 6.04 Å². The highest BCUT2D eigenvalue weighted by molar-refractivity contribution is 5.16. The summed E-state index contributed by atoms with van der Waals surface area (Å²) in [6, 6.07) is 7.31. The maximum Gasteiger partial charge on any atom is 0.123 e. The lowest BCUT2D eigenvalue weighted by molar-refractivity contribution is 0.160. The zero-order valence-corrected chi connectivity index (χ0v) is 13.5. The van der Waals surface area contributed by atoms with Gasteiger partial charge in [-0.05, 0) is 50.0 Å². The summed E-state index contributed by atoms with van der Waals surface area (Å²) in [6.07, 6.45) is 1.15. The highest BCUT2D eigenvalue weighted by atomic mass is 19.1. The largest absolute Gasteiger partial charge is 0.314 e. The third-order valence-electron chi connectivity index (χ3n) is 3.89. The quantitative estimate of drug-likeness (QED) is 0.781. The molecule has 0 radical (unpaired) electrons. The lowest BCUT2D eigenvalue weighted by atomic mass is 9.84. The van der Waals surface area contributed by atoms with E-state index in [0.717, 1.165) is 31.6 Å². The third-order valence-corrected chi connectivity index (χ3v) is 3.89. The fourth-order valence-corrected chi connectivity index (χ4v) is 2.47. The molecule has 0 saturated carbocycles. The van der Waals surface area contributed by atoms with Crippen molar-refractivity contribution in [1.82, 2.24) is 10.2 Å². The third kappa shape index (κ3) is 5.59. The van der Waals surface area contributed by atoms with Gasteiger partial charge in [-0.15, -0.1) is 0 Å². The van der Waals surface area contributed by atoms with Gasteiger partial charge in [0.05, 0.1) is 0 Å². The van der Waals surface area contributed by atoms with Crippen LogP contribution in [0, 0.1) is 11.2 Å². The minimum absolute atomic E-state index is 0.159. The van der Waals surface area contributed by atoms with Crippen LogP contribution in [-0.4, -0.2) is 31.1 Å². The topological polar surface area (TPSA) is 15.3 Å². The molecule has 1 rings (SSSR count). The maximum atomic E-state index is 13.2. The lowest BCUT2D eigenvalue weighted by Gasteiger charge is -2.36. The molecule has 0 aliphatic carbocycles. The summed E-state index contributed by atoms with van der Waals surface area (Å²) >= 11 is 0. The van der Waals surface area contributed by atoms with Gasteiger partial charge in [0.15, 0.2) is 0 Å². The highest BCUT2D eigenvalue weighted by Crippen LogP contribution is 2.22. The minimum atomic E-state index is -0.159. The summed E-state index contributed by atoms with van der Waals surface area (Å²) in [7, 11) is 2.10. The Labute approximate surface area is 123 Å². The Bertz CT molecular complexity index is 404. The zero-order valence-electron chi connectivity index (χ0n) is 13.5. The normalized spacial score (nSPS) is 13.8. The lowest BCUT2D eigenvalue weighted by Crippen LogP contribution is -2.46. The zero-order chi connectivity index (χ0) is 15.2. The van der Waals surface area contributed by atoms with Crippen LogP contribution in [0.3, 0.4) is 0 Å². The monoisotopic (exact) mass is 280 g/mol. The molecule has 0 aromatic heterocycles. The molecule has 0 bridgehead atoms. The van der Waals surface area contributed by atoms with E-state index < -0.39 is 0 Å². The Morgan fingerprint density at radius 2 is 2.05 bits per heavy atom. The first-order valence-electron chi connectivity index (χ1n) is 7.51. The summed E-state index contributed by atoms with van der Waals surface area (Å²) in [5.41, 5.74) is 1.20. The van der Waals surface area contributed by atoms with Crippen molar-refractivity contribution in [2.24, 2.45) is 5.41 Å². The summed E-state index contributed by atoms with van der Waals surface area (Å²) in [5.74, 6) is -0.159. The van der Waals surface area contributed by atoms with E-state index >= 15 is 0 Å². The van der Waals surface area contributed by atoms with Gasteiger partial charge in [0.25, 0.3) is 0 Å². The fourth-order valence-electron chi connectivity index (χ4n) is 2.47. The van der Waals surface area contributed by atoms with Gasteiger partial charge in [0.1, 0.15) is 5.82 Å². The molecule has 3 heteroatoms. The van der Waals surface area contributed by atoms with Crippen LogP contribution in [0.15, 0.2) is 24.3 Å². The van der Waals surface area contributed by atoms with Crippen LogP contribution in [0.5, 0.6) is 0 Å². The second-order valence-electron chi connectivity index (χ2n) is 6.47.